The largest absolute Gasteiger partial charge is 0.495 e. The highest BCUT2D eigenvalue weighted by Gasteiger charge is 2.40. The number of aryl methyl sites for hydroxylation is 1. The Labute approximate surface area is 181 Å². The summed E-state index contributed by atoms with van der Waals surface area (Å²) in [5, 5.41) is 13.6. The number of ether oxygens (including phenoxy) is 1. The number of para-hydroxylation sites is 2. The molecule has 0 bridgehead atoms. The molecule has 1 unspecified atom stereocenters. The number of nitrogens with zero attached hydrogens (tertiary/aromatic N) is 2. The number of hydrogen-bond acceptors (Lipinski definition) is 6. The summed E-state index contributed by atoms with van der Waals surface area (Å²) in [6, 6.07) is 13.3. The minimum Gasteiger partial charge on any atom is -0.495 e. The molecule has 0 fully saturated rings. The van der Waals surface area contributed by atoms with Gasteiger partial charge in [-0.1, -0.05) is 19.1 Å². The van der Waals surface area contributed by atoms with Crippen molar-refractivity contribution < 1.29 is 13.9 Å². The number of methoxy groups -OCH3 is 1. The SMILES string of the molecule is CCCSC1=NC(C)=C(C(=O)Nc2ccccc2OC)[C@@H](c2ccc(C)o2)C1C#N. The number of rotatable bonds is 6. The maximum absolute atomic E-state index is 13.4. The zero-order chi connectivity index (χ0) is 21.7. The van der Waals surface area contributed by atoms with E-state index < -0.39 is 11.8 Å². The second kappa shape index (κ2) is 9.68. The van der Waals surface area contributed by atoms with Crippen molar-refractivity contribution in [2.75, 3.05) is 18.2 Å². The number of thioether (sulfide) groups is 1. The maximum atomic E-state index is 13.4. The van der Waals surface area contributed by atoms with Crippen LogP contribution < -0.4 is 10.1 Å². The van der Waals surface area contributed by atoms with E-state index in [-0.39, 0.29) is 5.91 Å². The van der Waals surface area contributed by atoms with Gasteiger partial charge in [0.15, 0.2) is 0 Å². The van der Waals surface area contributed by atoms with Crippen molar-refractivity contribution in [2.45, 2.75) is 33.1 Å². The van der Waals surface area contributed by atoms with Crippen LogP contribution in [0.15, 0.2) is 57.1 Å². The number of nitriles is 1. The van der Waals surface area contributed by atoms with Gasteiger partial charge in [-0.2, -0.15) is 5.26 Å². The molecule has 2 aromatic rings. The molecule has 0 aliphatic carbocycles. The van der Waals surface area contributed by atoms with E-state index in [2.05, 4.69) is 23.3 Å². The third-order valence-corrected chi connectivity index (χ3v) is 6.09. The molecule has 30 heavy (non-hydrogen) atoms. The highest BCUT2D eigenvalue weighted by atomic mass is 32.2. The second-order valence-corrected chi connectivity index (χ2v) is 8.10. The Morgan fingerprint density at radius 3 is 2.70 bits per heavy atom. The van der Waals surface area contributed by atoms with Crippen LogP contribution in [0.4, 0.5) is 5.69 Å². The number of nitrogens with one attached hydrogen (secondary N) is 1. The first kappa shape index (κ1) is 21.7. The van der Waals surface area contributed by atoms with E-state index in [1.165, 1.54) is 0 Å². The zero-order valence-electron chi connectivity index (χ0n) is 17.6. The molecule has 1 aromatic carbocycles. The van der Waals surface area contributed by atoms with Gasteiger partial charge >= 0.3 is 0 Å². The molecular weight excluding hydrogens is 398 g/mol. The summed E-state index contributed by atoms with van der Waals surface area (Å²) in [6.45, 7) is 5.74. The van der Waals surface area contributed by atoms with E-state index in [0.29, 0.717) is 28.5 Å². The number of amides is 1. The van der Waals surface area contributed by atoms with Gasteiger partial charge in [-0.15, -0.1) is 11.8 Å². The normalized spacial score (nSPS) is 18.6. The molecule has 1 aliphatic rings. The number of carbonyl (C=O) groups excluding carboxylic acids is 1. The zero-order valence-corrected chi connectivity index (χ0v) is 18.4. The van der Waals surface area contributed by atoms with Gasteiger partial charge in [0, 0.05) is 5.70 Å². The summed E-state index contributed by atoms with van der Waals surface area (Å²) in [4.78, 5) is 18.0. The predicted octanol–water partition coefficient (Wildman–Crippen LogP) is 5.29. The van der Waals surface area contributed by atoms with Crippen LogP contribution in [0.5, 0.6) is 5.75 Å². The van der Waals surface area contributed by atoms with Crippen LogP contribution in [0, 0.1) is 24.2 Å². The Kier molecular flexibility index (Phi) is 7.01. The molecule has 1 amide bonds. The van der Waals surface area contributed by atoms with Gasteiger partial charge in [-0.3, -0.25) is 4.79 Å². The number of anilines is 1. The van der Waals surface area contributed by atoms with Gasteiger partial charge in [-0.05, 0) is 50.3 Å². The third kappa shape index (κ3) is 4.44. The van der Waals surface area contributed by atoms with E-state index in [9.17, 15) is 10.1 Å². The topological polar surface area (TPSA) is 87.6 Å². The van der Waals surface area contributed by atoms with Crippen molar-refractivity contribution in [1.29, 1.82) is 5.26 Å². The van der Waals surface area contributed by atoms with E-state index in [1.54, 1.807) is 37.9 Å². The number of allylic oxidation sites excluding steroid dienone is 1. The van der Waals surface area contributed by atoms with E-state index in [0.717, 1.165) is 23.0 Å². The lowest BCUT2D eigenvalue weighted by Gasteiger charge is -2.28. The Morgan fingerprint density at radius 1 is 1.30 bits per heavy atom. The lowest BCUT2D eigenvalue weighted by Crippen LogP contribution is -2.31. The van der Waals surface area contributed by atoms with Crippen LogP contribution in [0.3, 0.4) is 0 Å². The van der Waals surface area contributed by atoms with Crippen molar-refractivity contribution in [3.8, 4) is 11.8 Å². The van der Waals surface area contributed by atoms with Crippen molar-refractivity contribution in [3.63, 3.8) is 0 Å². The fraction of sp³-hybridized carbons (Fsp3) is 0.348. The first-order chi connectivity index (χ1) is 14.5. The molecule has 1 aliphatic heterocycles. The number of benzene rings is 1. The van der Waals surface area contributed by atoms with Gasteiger partial charge in [0.05, 0.1) is 35.4 Å². The molecule has 0 radical (unpaired) electrons. The molecule has 6 nitrogen and oxygen atoms in total. The van der Waals surface area contributed by atoms with Crippen LogP contribution in [0.1, 0.15) is 37.7 Å². The minimum atomic E-state index is -0.589. The summed E-state index contributed by atoms with van der Waals surface area (Å²) in [5.41, 5.74) is 1.58. The molecule has 1 aromatic heterocycles. The molecule has 1 N–H and O–H groups in total. The fourth-order valence-electron chi connectivity index (χ4n) is 3.46. The Morgan fingerprint density at radius 2 is 2.07 bits per heavy atom. The number of hydrogen-bond donors (Lipinski definition) is 1. The van der Waals surface area contributed by atoms with Crippen molar-refractivity contribution in [3.05, 3.63) is 59.2 Å². The smallest absolute Gasteiger partial charge is 0.254 e. The first-order valence-corrected chi connectivity index (χ1v) is 10.8. The number of furan rings is 1. The minimum absolute atomic E-state index is 0.320. The van der Waals surface area contributed by atoms with E-state index in [4.69, 9.17) is 9.15 Å². The Hall–Kier alpha value is -2.98. The summed E-state index contributed by atoms with van der Waals surface area (Å²) in [7, 11) is 1.55. The van der Waals surface area contributed by atoms with Crippen LogP contribution in [-0.2, 0) is 4.79 Å². The quantitative estimate of drug-likeness (QED) is 0.682. The second-order valence-electron chi connectivity index (χ2n) is 6.98. The summed E-state index contributed by atoms with van der Waals surface area (Å²) in [6.07, 6.45) is 0.969. The molecule has 2 heterocycles. The van der Waals surface area contributed by atoms with Crippen LogP contribution >= 0.6 is 11.8 Å². The van der Waals surface area contributed by atoms with Crippen molar-refractivity contribution in [2.24, 2.45) is 10.9 Å². The number of aliphatic imine (C=N–C) groups is 1. The fourth-order valence-corrected chi connectivity index (χ4v) is 4.44. The average molecular weight is 424 g/mol. The highest BCUT2D eigenvalue weighted by Crippen LogP contribution is 2.42. The highest BCUT2D eigenvalue weighted by molar-refractivity contribution is 8.14. The summed E-state index contributed by atoms with van der Waals surface area (Å²) < 4.78 is 11.2. The van der Waals surface area contributed by atoms with Gasteiger partial charge in [0.1, 0.15) is 23.2 Å². The molecule has 3 rings (SSSR count). The predicted molar refractivity (Wildman–Crippen MR) is 120 cm³/mol. The molecule has 156 valence electrons. The Bertz CT molecular complexity index is 1030. The molecular formula is C23H25N3O3S. The lowest BCUT2D eigenvalue weighted by atomic mass is 9.81. The van der Waals surface area contributed by atoms with E-state index >= 15 is 0 Å². The van der Waals surface area contributed by atoms with Gasteiger partial charge in [-0.25, -0.2) is 4.99 Å². The molecule has 7 heteroatoms. The standard InChI is InChI=1S/C23H25N3O3S/c1-5-12-30-23-16(13-24)21(19-11-10-14(2)29-19)20(15(3)25-23)22(27)26-17-8-6-7-9-18(17)28-4/h6-11,16,21H,5,12H2,1-4H3,(H,26,27)/t16?,21-/m1/s1. The molecule has 0 saturated heterocycles. The van der Waals surface area contributed by atoms with Crippen molar-refractivity contribution in [1.82, 2.24) is 0 Å². The summed E-state index contributed by atoms with van der Waals surface area (Å²) >= 11 is 1.56. The van der Waals surface area contributed by atoms with Gasteiger partial charge in [0.25, 0.3) is 5.91 Å². The van der Waals surface area contributed by atoms with E-state index in [1.807, 2.05) is 31.2 Å². The van der Waals surface area contributed by atoms with Crippen LogP contribution in [0.25, 0.3) is 0 Å². The average Bonchev–Trinajstić information content (AvgIpc) is 3.17. The molecule has 0 saturated carbocycles. The first-order valence-electron chi connectivity index (χ1n) is 9.82. The monoisotopic (exact) mass is 423 g/mol. The van der Waals surface area contributed by atoms with Crippen LogP contribution in [0.2, 0.25) is 0 Å². The molecule has 0 spiro atoms. The molecule has 2 atom stereocenters. The third-order valence-electron chi connectivity index (χ3n) is 4.84. The lowest BCUT2D eigenvalue weighted by molar-refractivity contribution is -0.113. The number of carbonyl (C=O) groups is 1. The summed E-state index contributed by atoms with van der Waals surface area (Å²) in [5.74, 6) is 1.30. The van der Waals surface area contributed by atoms with Crippen molar-refractivity contribution >= 4 is 28.4 Å². The van der Waals surface area contributed by atoms with Gasteiger partial charge in [0.2, 0.25) is 0 Å². The maximum Gasteiger partial charge on any atom is 0.254 e. The Balaban J connectivity index is 2.06. The van der Waals surface area contributed by atoms with Crippen LogP contribution in [-0.4, -0.2) is 23.8 Å². The van der Waals surface area contributed by atoms with Gasteiger partial charge < -0.3 is 14.5 Å².